The molecule has 1 atom stereocenters. The molecule has 1 aromatic carbocycles. The number of sulfone groups is 1. The molecule has 2 aliphatic carbocycles. The van der Waals surface area contributed by atoms with Crippen LogP contribution in [0.4, 0.5) is 10.5 Å². The molecule has 0 bridgehead atoms. The van der Waals surface area contributed by atoms with Gasteiger partial charge in [0, 0.05) is 11.1 Å². The fourth-order valence-corrected chi connectivity index (χ4v) is 7.16. The van der Waals surface area contributed by atoms with Crippen molar-refractivity contribution in [2.24, 2.45) is 0 Å². The van der Waals surface area contributed by atoms with Crippen LogP contribution in [0.25, 0.3) is 0 Å². The minimum absolute atomic E-state index is 0.0102. The second-order valence-electron chi connectivity index (χ2n) is 8.13. The number of amides is 2. The van der Waals surface area contributed by atoms with E-state index in [2.05, 4.69) is 15.5 Å². The number of halogens is 2. The maximum Gasteiger partial charge on any atom is 0.319 e. The first-order valence-electron chi connectivity index (χ1n) is 10.2. The van der Waals surface area contributed by atoms with Gasteiger partial charge in [0.2, 0.25) is 0 Å². The van der Waals surface area contributed by atoms with E-state index >= 15 is 0 Å². The Morgan fingerprint density at radius 3 is 2.50 bits per heavy atom. The molecule has 0 spiro atoms. The smallest absolute Gasteiger partial charge is 0.319 e. The van der Waals surface area contributed by atoms with Gasteiger partial charge in [-0.15, -0.1) is 0 Å². The van der Waals surface area contributed by atoms with Gasteiger partial charge in [-0.3, -0.25) is 0 Å². The number of allylic oxidation sites excluding steroid dienone is 1. The Morgan fingerprint density at radius 2 is 1.87 bits per heavy atom. The molecular formula is C20H25Cl2N3O4S. The Bertz CT molecular complexity index is 971. The summed E-state index contributed by atoms with van der Waals surface area (Å²) in [5, 5.41) is 15.8. The number of likely N-dealkylation sites (tertiary alicyclic amines) is 1. The predicted octanol–water partition coefficient (Wildman–Crippen LogP) is 3.85. The molecule has 1 heterocycles. The van der Waals surface area contributed by atoms with E-state index in [0.717, 1.165) is 32.4 Å². The number of nitrogens with zero attached hydrogens (tertiary/aromatic N) is 1. The van der Waals surface area contributed by atoms with E-state index in [1.807, 2.05) is 6.08 Å². The summed E-state index contributed by atoms with van der Waals surface area (Å²) in [5.74, 6) is -0.532. The Hall–Kier alpha value is -1.48. The highest BCUT2D eigenvalue weighted by Gasteiger charge is 2.44. The first kappa shape index (κ1) is 21.7. The van der Waals surface area contributed by atoms with Crippen molar-refractivity contribution in [1.29, 1.82) is 0 Å². The topological polar surface area (TPSA) is 98.7 Å². The van der Waals surface area contributed by atoms with Crippen LogP contribution in [0, 0.1) is 0 Å². The summed E-state index contributed by atoms with van der Waals surface area (Å²) in [6, 6.07) is 2.16. The maximum atomic E-state index is 13.2. The van der Waals surface area contributed by atoms with Gasteiger partial charge >= 0.3 is 6.03 Å². The van der Waals surface area contributed by atoms with Crippen LogP contribution < -0.4 is 10.6 Å². The van der Waals surface area contributed by atoms with Crippen LogP contribution in [0.15, 0.2) is 28.1 Å². The lowest BCUT2D eigenvalue weighted by Gasteiger charge is -2.40. The first-order chi connectivity index (χ1) is 14.3. The van der Waals surface area contributed by atoms with Gasteiger partial charge in [-0.05, 0) is 63.7 Å². The molecule has 4 rings (SSSR count). The lowest BCUT2D eigenvalue weighted by molar-refractivity contribution is 0.161. The predicted molar refractivity (Wildman–Crippen MR) is 117 cm³/mol. The van der Waals surface area contributed by atoms with Gasteiger partial charge in [-0.2, -0.15) is 0 Å². The van der Waals surface area contributed by atoms with Gasteiger partial charge in [0.1, 0.15) is 4.90 Å². The SMILES string of the molecule is O=C(Nc1ccc(Cl)c(S(=O)(=O)C2CC(N3CCCC3)C2)c1O)N[C@@H]1CCC=C1Cl. The minimum atomic E-state index is -3.83. The molecule has 0 aromatic heterocycles. The van der Waals surface area contributed by atoms with E-state index < -0.39 is 26.9 Å². The molecule has 30 heavy (non-hydrogen) atoms. The van der Waals surface area contributed by atoms with E-state index in [1.165, 1.54) is 12.1 Å². The number of carbonyl (C=O) groups is 1. The molecule has 10 heteroatoms. The normalized spacial score (nSPS) is 26.9. The Kier molecular flexibility index (Phi) is 6.21. The molecule has 164 valence electrons. The first-order valence-corrected chi connectivity index (χ1v) is 12.5. The van der Waals surface area contributed by atoms with Crippen molar-refractivity contribution in [3.8, 4) is 5.75 Å². The number of rotatable bonds is 5. The van der Waals surface area contributed by atoms with Crippen molar-refractivity contribution in [2.75, 3.05) is 18.4 Å². The number of nitrogens with one attached hydrogen (secondary N) is 2. The molecule has 7 nitrogen and oxygen atoms in total. The van der Waals surface area contributed by atoms with E-state index in [1.54, 1.807) is 0 Å². The molecule has 3 N–H and O–H groups in total. The summed E-state index contributed by atoms with van der Waals surface area (Å²) in [5.41, 5.74) is -0.0102. The van der Waals surface area contributed by atoms with Crippen molar-refractivity contribution in [2.45, 2.75) is 60.8 Å². The summed E-state index contributed by atoms with van der Waals surface area (Å²) in [6.07, 6.45) is 6.67. The summed E-state index contributed by atoms with van der Waals surface area (Å²) in [6.45, 7) is 2.02. The van der Waals surface area contributed by atoms with Crippen LogP contribution in [0.5, 0.6) is 5.75 Å². The zero-order chi connectivity index (χ0) is 21.5. The zero-order valence-electron chi connectivity index (χ0n) is 16.4. The third kappa shape index (κ3) is 4.15. The second-order valence-corrected chi connectivity index (χ2v) is 11.1. The Labute approximate surface area is 186 Å². The number of hydrogen-bond donors (Lipinski definition) is 3. The number of urea groups is 1. The highest BCUT2D eigenvalue weighted by Crippen LogP contribution is 2.43. The molecule has 1 aromatic rings. The van der Waals surface area contributed by atoms with Gasteiger partial charge in [-0.1, -0.05) is 29.3 Å². The molecule has 1 saturated carbocycles. The van der Waals surface area contributed by atoms with Crippen molar-refractivity contribution < 1.29 is 18.3 Å². The number of phenols is 1. The molecular weight excluding hydrogens is 449 g/mol. The minimum Gasteiger partial charge on any atom is -0.504 e. The number of aromatic hydroxyl groups is 1. The summed E-state index contributed by atoms with van der Waals surface area (Å²) < 4.78 is 26.3. The van der Waals surface area contributed by atoms with Crippen LogP contribution >= 0.6 is 23.2 Å². The van der Waals surface area contributed by atoms with Crippen LogP contribution in [-0.4, -0.2) is 54.9 Å². The van der Waals surface area contributed by atoms with Gasteiger partial charge in [0.15, 0.2) is 15.6 Å². The van der Waals surface area contributed by atoms with Gasteiger partial charge < -0.3 is 20.6 Å². The number of hydrogen-bond acceptors (Lipinski definition) is 5. The van der Waals surface area contributed by atoms with E-state index in [-0.39, 0.29) is 27.7 Å². The largest absolute Gasteiger partial charge is 0.504 e. The maximum absolute atomic E-state index is 13.2. The molecule has 1 saturated heterocycles. The number of carbonyl (C=O) groups excluding carboxylic acids is 1. The fraction of sp³-hybridized carbons (Fsp3) is 0.550. The lowest BCUT2D eigenvalue weighted by Crippen LogP contribution is -2.48. The average molecular weight is 474 g/mol. The second kappa shape index (κ2) is 8.57. The van der Waals surface area contributed by atoms with Gasteiger partial charge in [0.25, 0.3) is 0 Å². The Morgan fingerprint density at radius 1 is 1.17 bits per heavy atom. The Balaban J connectivity index is 1.48. The monoisotopic (exact) mass is 473 g/mol. The standard InChI is InChI=1S/C20H25Cl2N3O4S/c21-14-4-3-5-16(14)23-20(27)24-17-7-6-15(22)19(18(17)26)30(28,29)13-10-12(11-13)25-8-1-2-9-25/h4,6-7,12-13,16,26H,1-3,5,8-11H2,(H2,23,24,27)/t12?,13?,16-/m1/s1. The average Bonchev–Trinajstić information content (AvgIpc) is 3.28. The zero-order valence-corrected chi connectivity index (χ0v) is 18.7. The van der Waals surface area contributed by atoms with Gasteiger partial charge in [0.05, 0.1) is 22.0 Å². The third-order valence-electron chi connectivity index (χ3n) is 6.21. The number of benzene rings is 1. The van der Waals surface area contributed by atoms with Crippen molar-refractivity contribution in [3.63, 3.8) is 0 Å². The highest BCUT2D eigenvalue weighted by atomic mass is 35.5. The van der Waals surface area contributed by atoms with Crippen LogP contribution in [0.3, 0.4) is 0 Å². The molecule has 0 unspecified atom stereocenters. The van der Waals surface area contributed by atoms with Crippen LogP contribution in [-0.2, 0) is 9.84 Å². The third-order valence-corrected chi connectivity index (χ3v) is 9.30. The van der Waals surface area contributed by atoms with Crippen molar-refractivity contribution in [1.82, 2.24) is 10.2 Å². The number of phenolic OH excluding ortho intramolecular Hbond substituents is 1. The van der Waals surface area contributed by atoms with Gasteiger partial charge in [-0.25, -0.2) is 13.2 Å². The quantitative estimate of drug-likeness (QED) is 0.563. The van der Waals surface area contributed by atoms with E-state index in [4.69, 9.17) is 23.2 Å². The van der Waals surface area contributed by atoms with Crippen LogP contribution in [0.1, 0.15) is 38.5 Å². The summed E-state index contributed by atoms with van der Waals surface area (Å²) >= 11 is 12.2. The fourth-order valence-electron chi connectivity index (χ4n) is 4.41. The molecule has 1 aliphatic heterocycles. The van der Waals surface area contributed by atoms with E-state index in [0.29, 0.717) is 24.3 Å². The van der Waals surface area contributed by atoms with Crippen molar-refractivity contribution in [3.05, 3.63) is 28.3 Å². The molecule has 0 radical (unpaired) electrons. The van der Waals surface area contributed by atoms with Crippen molar-refractivity contribution >= 4 is 44.8 Å². The summed E-state index contributed by atoms with van der Waals surface area (Å²) in [4.78, 5) is 14.3. The number of anilines is 1. The van der Waals surface area contributed by atoms with Crippen LogP contribution in [0.2, 0.25) is 5.02 Å². The molecule has 3 aliphatic rings. The summed E-state index contributed by atoms with van der Waals surface area (Å²) in [7, 11) is -3.83. The molecule has 2 fully saturated rings. The lowest BCUT2D eigenvalue weighted by atomic mass is 9.91. The molecule has 2 amide bonds. The highest BCUT2D eigenvalue weighted by molar-refractivity contribution is 7.92. The van der Waals surface area contributed by atoms with E-state index in [9.17, 15) is 18.3 Å².